The van der Waals surface area contributed by atoms with E-state index in [1.165, 1.54) is 12.1 Å². The Kier molecular flexibility index (Phi) is 6.74. The van der Waals surface area contributed by atoms with Crippen molar-refractivity contribution in [3.8, 4) is 0 Å². The molecule has 0 radical (unpaired) electrons. The van der Waals surface area contributed by atoms with Gasteiger partial charge in [-0.25, -0.2) is 4.98 Å². The molecule has 3 aromatic carbocycles. The Morgan fingerprint density at radius 1 is 1.09 bits per heavy atom. The van der Waals surface area contributed by atoms with E-state index in [4.69, 9.17) is 0 Å². The lowest BCUT2D eigenvalue weighted by Crippen LogP contribution is -2.25. The molecule has 9 heteroatoms. The van der Waals surface area contributed by atoms with Crippen LogP contribution in [0, 0.1) is 24.0 Å². The van der Waals surface area contributed by atoms with E-state index in [9.17, 15) is 19.7 Å². The minimum absolute atomic E-state index is 0.0131. The summed E-state index contributed by atoms with van der Waals surface area (Å²) in [7, 11) is 0. The van der Waals surface area contributed by atoms with Crippen molar-refractivity contribution in [1.29, 1.82) is 0 Å². The van der Waals surface area contributed by atoms with Gasteiger partial charge in [0.15, 0.2) is 5.16 Å². The van der Waals surface area contributed by atoms with Gasteiger partial charge >= 0.3 is 0 Å². The van der Waals surface area contributed by atoms with Gasteiger partial charge < -0.3 is 5.32 Å². The third-order valence-electron chi connectivity index (χ3n) is 5.33. The first-order valence-electron chi connectivity index (χ1n) is 10.5. The minimum Gasteiger partial charge on any atom is -0.325 e. The molecule has 0 fully saturated rings. The molecule has 0 aliphatic heterocycles. The first kappa shape index (κ1) is 23.2. The molecule has 4 aromatic rings. The summed E-state index contributed by atoms with van der Waals surface area (Å²) in [5.41, 5.74) is 3.44. The fourth-order valence-corrected chi connectivity index (χ4v) is 4.25. The van der Waals surface area contributed by atoms with Gasteiger partial charge in [0, 0.05) is 12.1 Å². The molecule has 0 unspecified atom stereocenters. The number of aromatic nitrogens is 2. The number of carbonyl (C=O) groups is 1. The summed E-state index contributed by atoms with van der Waals surface area (Å²) in [6.45, 7) is 4.08. The van der Waals surface area contributed by atoms with Crippen LogP contribution in [0.5, 0.6) is 0 Å². The first-order chi connectivity index (χ1) is 16.3. The van der Waals surface area contributed by atoms with E-state index in [2.05, 4.69) is 10.3 Å². The number of para-hydroxylation sites is 1. The van der Waals surface area contributed by atoms with E-state index in [-0.39, 0.29) is 22.9 Å². The summed E-state index contributed by atoms with van der Waals surface area (Å²) in [5.74, 6) is -0.362. The molecule has 1 heterocycles. The molecule has 1 N–H and O–H groups in total. The summed E-state index contributed by atoms with van der Waals surface area (Å²) in [5, 5.41) is 14.7. The van der Waals surface area contributed by atoms with Crippen LogP contribution in [-0.2, 0) is 11.3 Å². The van der Waals surface area contributed by atoms with Crippen LogP contribution in [0.3, 0.4) is 0 Å². The number of fused-ring (bicyclic) bond motifs is 1. The molecule has 0 saturated carbocycles. The van der Waals surface area contributed by atoms with Crippen LogP contribution in [0.4, 0.5) is 11.4 Å². The van der Waals surface area contributed by atoms with E-state index >= 15 is 0 Å². The average Bonchev–Trinajstić information content (AvgIpc) is 2.82. The smallest absolute Gasteiger partial charge is 0.271 e. The number of nitrogens with zero attached hydrogens (tertiary/aromatic N) is 3. The van der Waals surface area contributed by atoms with Crippen LogP contribution in [0.15, 0.2) is 76.7 Å². The zero-order chi connectivity index (χ0) is 24.2. The number of nitrogens with one attached hydrogen (secondary N) is 1. The molecule has 4 rings (SSSR count). The topological polar surface area (TPSA) is 107 Å². The highest BCUT2D eigenvalue weighted by Crippen LogP contribution is 2.23. The Bertz CT molecular complexity index is 1450. The second-order valence-corrected chi connectivity index (χ2v) is 8.82. The van der Waals surface area contributed by atoms with Crippen molar-refractivity contribution in [2.24, 2.45) is 0 Å². The van der Waals surface area contributed by atoms with Gasteiger partial charge in [0.05, 0.1) is 33.8 Å². The number of hydrogen-bond donors (Lipinski definition) is 1. The van der Waals surface area contributed by atoms with Crippen molar-refractivity contribution in [3.63, 3.8) is 0 Å². The summed E-state index contributed by atoms with van der Waals surface area (Å²) >= 11 is 1.15. The largest absolute Gasteiger partial charge is 0.325 e. The van der Waals surface area contributed by atoms with Crippen molar-refractivity contribution in [1.82, 2.24) is 9.55 Å². The standard InChI is InChI=1S/C25H22N4O4S/c1-16-7-10-18(11-8-16)14-28-24(31)20-5-3-4-6-21(20)27-25(28)34-15-23(30)26-22-13-19(29(32)33)12-9-17(22)2/h3-13H,14-15H2,1-2H3,(H,26,30). The maximum Gasteiger partial charge on any atom is 0.271 e. The van der Waals surface area contributed by atoms with Crippen molar-refractivity contribution < 1.29 is 9.72 Å². The van der Waals surface area contributed by atoms with Crippen molar-refractivity contribution >= 4 is 39.9 Å². The number of non-ortho nitro benzene ring substituents is 1. The van der Waals surface area contributed by atoms with E-state index < -0.39 is 4.92 Å². The van der Waals surface area contributed by atoms with Crippen molar-refractivity contribution in [3.05, 3.63) is 104 Å². The van der Waals surface area contributed by atoms with Gasteiger partial charge in [-0.05, 0) is 37.1 Å². The minimum atomic E-state index is -0.507. The number of rotatable bonds is 7. The van der Waals surface area contributed by atoms with Gasteiger partial charge in [-0.2, -0.15) is 0 Å². The van der Waals surface area contributed by atoms with Gasteiger partial charge in [0.1, 0.15) is 0 Å². The normalized spacial score (nSPS) is 10.9. The zero-order valence-electron chi connectivity index (χ0n) is 18.6. The number of hydrogen-bond acceptors (Lipinski definition) is 6. The quantitative estimate of drug-likeness (QED) is 0.180. The predicted octanol–water partition coefficient (Wildman–Crippen LogP) is 4.70. The number of benzene rings is 3. The molecule has 1 amide bonds. The van der Waals surface area contributed by atoms with Crippen LogP contribution < -0.4 is 10.9 Å². The molecule has 34 heavy (non-hydrogen) atoms. The van der Waals surface area contributed by atoms with Gasteiger partial charge in [-0.1, -0.05) is 59.8 Å². The molecular weight excluding hydrogens is 452 g/mol. The van der Waals surface area contributed by atoms with Gasteiger partial charge in [-0.15, -0.1) is 0 Å². The lowest BCUT2D eigenvalue weighted by molar-refractivity contribution is -0.384. The third kappa shape index (κ3) is 5.15. The molecule has 172 valence electrons. The van der Waals surface area contributed by atoms with E-state index in [0.29, 0.717) is 33.9 Å². The Morgan fingerprint density at radius 2 is 1.82 bits per heavy atom. The molecule has 0 aliphatic rings. The van der Waals surface area contributed by atoms with Gasteiger partial charge in [0.25, 0.3) is 11.2 Å². The number of amides is 1. The van der Waals surface area contributed by atoms with Crippen molar-refractivity contribution in [2.45, 2.75) is 25.5 Å². The Morgan fingerprint density at radius 3 is 2.56 bits per heavy atom. The molecule has 0 aliphatic carbocycles. The van der Waals surface area contributed by atoms with Crippen LogP contribution in [-0.4, -0.2) is 26.1 Å². The van der Waals surface area contributed by atoms with E-state index in [1.807, 2.05) is 37.3 Å². The molecule has 0 saturated heterocycles. The Balaban J connectivity index is 1.60. The first-order valence-corrected chi connectivity index (χ1v) is 11.5. The van der Waals surface area contributed by atoms with Gasteiger partial charge in [-0.3, -0.25) is 24.3 Å². The highest BCUT2D eigenvalue weighted by atomic mass is 32.2. The molecule has 0 atom stereocenters. The Labute approximate surface area is 199 Å². The number of carbonyl (C=O) groups excluding carboxylic acids is 1. The highest BCUT2D eigenvalue weighted by molar-refractivity contribution is 7.99. The second-order valence-electron chi connectivity index (χ2n) is 7.88. The van der Waals surface area contributed by atoms with Gasteiger partial charge in [0.2, 0.25) is 5.91 Å². The summed E-state index contributed by atoms with van der Waals surface area (Å²) in [6, 6.07) is 19.3. The maximum atomic E-state index is 13.2. The molecule has 8 nitrogen and oxygen atoms in total. The molecular formula is C25H22N4O4S. The number of aryl methyl sites for hydroxylation is 2. The Hall–Kier alpha value is -3.98. The second kappa shape index (κ2) is 9.88. The maximum absolute atomic E-state index is 13.2. The number of nitro benzene ring substituents is 1. The van der Waals surface area contributed by atoms with Crippen molar-refractivity contribution in [2.75, 3.05) is 11.1 Å². The predicted molar refractivity (Wildman–Crippen MR) is 133 cm³/mol. The fourth-order valence-electron chi connectivity index (χ4n) is 3.45. The number of anilines is 1. The molecule has 0 bridgehead atoms. The monoisotopic (exact) mass is 474 g/mol. The van der Waals surface area contributed by atoms with E-state index in [0.717, 1.165) is 22.9 Å². The summed E-state index contributed by atoms with van der Waals surface area (Å²) < 4.78 is 1.57. The fraction of sp³-hybridized carbons (Fsp3) is 0.160. The van der Waals surface area contributed by atoms with Crippen LogP contribution >= 0.6 is 11.8 Å². The highest BCUT2D eigenvalue weighted by Gasteiger charge is 2.15. The lowest BCUT2D eigenvalue weighted by Gasteiger charge is -2.14. The third-order valence-corrected chi connectivity index (χ3v) is 6.30. The molecule has 0 spiro atoms. The summed E-state index contributed by atoms with van der Waals surface area (Å²) in [6.07, 6.45) is 0. The lowest BCUT2D eigenvalue weighted by atomic mass is 10.1. The summed E-state index contributed by atoms with van der Waals surface area (Å²) in [4.78, 5) is 41.1. The average molecular weight is 475 g/mol. The molecule has 1 aromatic heterocycles. The SMILES string of the molecule is Cc1ccc(Cn2c(SCC(=O)Nc3cc([N+](=O)[O-])ccc3C)nc3ccccc3c2=O)cc1. The van der Waals surface area contributed by atoms with Crippen LogP contribution in [0.25, 0.3) is 10.9 Å². The van der Waals surface area contributed by atoms with Crippen LogP contribution in [0.1, 0.15) is 16.7 Å². The zero-order valence-corrected chi connectivity index (χ0v) is 19.5. The van der Waals surface area contributed by atoms with E-state index in [1.54, 1.807) is 35.8 Å². The number of nitro groups is 1. The number of thioether (sulfide) groups is 1. The van der Waals surface area contributed by atoms with Crippen LogP contribution in [0.2, 0.25) is 0 Å².